The number of aryl methyl sites for hydroxylation is 1. The van der Waals surface area contributed by atoms with Crippen LogP contribution in [0.5, 0.6) is 0 Å². The number of rotatable bonds is 1. The van der Waals surface area contributed by atoms with E-state index in [4.69, 9.17) is 11.6 Å². The summed E-state index contributed by atoms with van der Waals surface area (Å²) in [5.41, 5.74) is -0.344. The summed E-state index contributed by atoms with van der Waals surface area (Å²) in [6.07, 6.45) is 0. The molecule has 0 atom stereocenters. The van der Waals surface area contributed by atoms with E-state index >= 15 is 0 Å². The van der Waals surface area contributed by atoms with Crippen LogP contribution in [0.4, 0.5) is 0 Å². The van der Waals surface area contributed by atoms with E-state index in [1.807, 2.05) is 13.8 Å². The molecular weight excluding hydrogens is 232 g/mol. The minimum absolute atomic E-state index is 0.00361. The van der Waals surface area contributed by atoms with Gasteiger partial charge in [-0.3, -0.25) is 14.3 Å². The van der Waals surface area contributed by atoms with Gasteiger partial charge in [-0.05, 0) is 25.4 Å². The van der Waals surface area contributed by atoms with E-state index in [0.717, 1.165) is 0 Å². The van der Waals surface area contributed by atoms with Crippen LogP contribution < -0.4 is 11.2 Å². The third kappa shape index (κ3) is 1.37. The molecule has 0 aliphatic rings. The van der Waals surface area contributed by atoms with Gasteiger partial charge in [0.25, 0.3) is 5.56 Å². The highest BCUT2D eigenvalue weighted by atomic mass is 35.5. The highest BCUT2D eigenvalue weighted by Crippen LogP contribution is 2.20. The Labute approximate surface area is 95.5 Å². The normalized spacial score (nSPS) is 11.6. The van der Waals surface area contributed by atoms with E-state index in [-0.39, 0.29) is 11.3 Å². The topological polar surface area (TPSA) is 72.7 Å². The zero-order valence-corrected chi connectivity index (χ0v) is 9.87. The Morgan fingerprint density at radius 1 is 1.38 bits per heavy atom. The predicted molar refractivity (Wildman–Crippen MR) is 61.0 cm³/mol. The number of H-pyrrole nitrogens is 1. The van der Waals surface area contributed by atoms with E-state index in [2.05, 4.69) is 9.97 Å². The van der Waals surface area contributed by atoms with E-state index in [1.165, 1.54) is 11.6 Å². The number of halogens is 1. The van der Waals surface area contributed by atoms with Gasteiger partial charge < -0.3 is 4.57 Å². The zero-order valence-electron chi connectivity index (χ0n) is 9.11. The number of imidazole rings is 1. The summed E-state index contributed by atoms with van der Waals surface area (Å²) in [5.74, 6) is 0. The summed E-state index contributed by atoms with van der Waals surface area (Å²) in [4.78, 5) is 29.3. The minimum atomic E-state index is -0.498. The summed E-state index contributed by atoms with van der Waals surface area (Å²) < 4.78 is 2.86. The van der Waals surface area contributed by atoms with Crippen LogP contribution in [-0.2, 0) is 7.05 Å². The Bertz CT molecular complexity index is 664. The molecule has 0 bridgehead atoms. The average Bonchev–Trinajstić information content (AvgIpc) is 2.52. The monoisotopic (exact) mass is 242 g/mol. The van der Waals surface area contributed by atoms with Gasteiger partial charge in [-0.25, -0.2) is 4.79 Å². The van der Waals surface area contributed by atoms with Gasteiger partial charge in [0.2, 0.25) is 5.28 Å². The maximum absolute atomic E-state index is 11.7. The van der Waals surface area contributed by atoms with E-state index in [1.54, 1.807) is 4.57 Å². The molecule has 0 aliphatic carbocycles. The van der Waals surface area contributed by atoms with Crippen molar-refractivity contribution < 1.29 is 0 Å². The third-order valence-corrected chi connectivity index (χ3v) is 2.69. The molecule has 0 unspecified atom stereocenters. The highest BCUT2D eigenvalue weighted by Gasteiger charge is 2.17. The predicted octanol–water partition coefficient (Wildman–Crippen LogP) is 0.658. The molecule has 0 saturated carbocycles. The van der Waals surface area contributed by atoms with Crippen molar-refractivity contribution in [2.45, 2.75) is 19.9 Å². The molecule has 7 heteroatoms. The van der Waals surface area contributed by atoms with E-state index in [0.29, 0.717) is 11.2 Å². The summed E-state index contributed by atoms with van der Waals surface area (Å²) in [6.45, 7) is 3.77. The first-order valence-electron chi connectivity index (χ1n) is 4.80. The quantitative estimate of drug-likeness (QED) is 0.747. The van der Waals surface area contributed by atoms with Crippen LogP contribution in [0.3, 0.4) is 0 Å². The van der Waals surface area contributed by atoms with Gasteiger partial charge in [0.15, 0.2) is 11.2 Å². The number of fused-ring (bicyclic) bond motifs is 1. The lowest BCUT2D eigenvalue weighted by Crippen LogP contribution is -2.29. The molecule has 0 fully saturated rings. The van der Waals surface area contributed by atoms with Crippen molar-refractivity contribution in [3.8, 4) is 0 Å². The van der Waals surface area contributed by atoms with Crippen molar-refractivity contribution in [2.24, 2.45) is 7.05 Å². The smallest absolute Gasteiger partial charge is 0.306 e. The number of nitrogens with one attached hydrogen (secondary N) is 1. The van der Waals surface area contributed by atoms with Crippen molar-refractivity contribution >= 4 is 22.8 Å². The van der Waals surface area contributed by atoms with E-state index < -0.39 is 11.2 Å². The van der Waals surface area contributed by atoms with Gasteiger partial charge in [0.05, 0.1) is 0 Å². The number of hydrogen-bond donors (Lipinski definition) is 1. The van der Waals surface area contributed by atoms with Gasteiger partial charge in [-0.15, -0.1) is 0 Å². The fraction of sp³-hybridized carbons (Fsp3) is 0.444. The first-order chi connectivity index (χ1) is 7.43. The molecule has 2 aromatic rings. The van der Waals surface area contributed by atoms with Crippen LogP contribution in [-0.4, -0.2) is 19.1 Å². The molecule has 1 N–H and O–H groups in total. The van der Waals surface area contributed by atoms with Crippen LogP contribution in [0.2, 0.25) is 5.28 Å². The fourth-order valence-corrected chi connectivity index (χ4v) is 2.01. The average molecular weight is 243 g/mol. The van der Waals surface area contributed by atoms with Crippen LogP contribution in [0.15, 0.2) is 9.59 Å². The molecule has 2 heterocycles. The van der Waals surface area contributed by atoms with Crippen molar-refractivity contribution in [3.05, 3.63) is 26.1 Å². The number of nitrogens with zero attached hydrogens (tertiary/aromatic N) is 3. The lowest BCUT2D eigenvalue weighted by atomic mass is 10.4. The maximum atomic E-state index is 11.7. The molecule has 0 aliphatic heterocycles. The molecular formula is C9H11ClN4O2. The van der Waals surface area contributed by atoms with Gasteiger partial charge >= 0.3 is 5.69 Å². The van der Waals surface area contributed by atoms with Crippen LogP contribution in [0.25, 0.3) is 11.2 Å². The van der Waals surface area contributed by atoms with Crippen LogP contribution >= 0.6 is 11.6 Å². The van der Waals surface area contributed by atoms with Gasteiger partial charge in [-0.1, -0.05) is 0 Å². The second-order valence-corrected chi connectivity index (χ2v) is 4.17. The summed E-state index contributed by atoms with van der Waals surface area (Å²) in [6, 6.07) is -0.00361. The molecule has 2 aromatic heterocycles. The molecule has 6 nitrogen and oxygen atoms in total. The first kappa shape index (κ1) is 10.9. The largest absolute Gasteiger partial charge is 0.329 e. The van der Waals surface area contributed by atoms with Crippen molar-refractivity contribution in [3.63, 3.8) is 0 Å². The summed E-state index contributed by atoms with van der Waals surface area (Å²) >= 11 is 5.94. The Morgan fingerprint density at radius 2 is 2.00 bits per heavy atom. The highest BCUT2D eigenvalue weighted by molar-refractivity contribution is 6.29. The first-order valence-corrected chi connectivity index (χ1v) is 5.18. The lowest BCUT2D eigenvalue weighted by Gasteiger charge is -2.08. The third-order valence-electron chi connectivity index (χ3n) is 2.42. The molecule has 0 saturated heterocycles. The molecule has 16 heavy (non-hydrogen) atoms. The van der Waals surface area contributed by atoms with Gasteiger partial charge in [0, 0.05) is 13.1 Å². The Kier molecular flexibility index (Phi) is 2.38. The van der Waals surface area contributed by atoms with Crippen molar-refractivity contribution in [1.82, 2.24) is 19.1 Å². The Balaban J connectivity index is 3.07. The maximum Gasteiger partial charge on any atom is 0.329 e. The number of aromatic nitrogens is 4. The summed E-state index contributed by atoms with van der Waals surface area (Å²) in [7, 11) is 1.54. The fourth-order valence-electron chi connectivity index (χ4n) is 1.65. The molecule has 0 aromatic carbocycles. The molecule has 86 valence electrons. The van der Waals surface area contributed by atoms with Gasteiger partial charge in [0.1, 0.15) is 0 Å². The zero-order chi connectivity index (χ0) is 12.0. The van der Waals surface area contributed by atoms with Crippen molar-refractivity contribution in [1.29, 1.82) is 0 Å². The van der Waals surface area contributed by atoms with E-state index in [9.17, 15) is 9.59 Å². The lowest BCUT2D eigenvalue weighted by molar-refractivity contribution is 0.616. The Morgan fingerprint density at radius 3 is 2.56 bits per heavy atom. The molecule has 2 rings (SSSR count). The number of aromatic amines is 1. The van der Waals surface area contributed by atoms with Gasteiger partial charge in [-0.2, -0.15) is 4.98 Å². The molecule has 0 radical (unpaired) electrons. The SMILES string of the molecule is CC(C)n1c(Cl)nc2c1c(=O)[nH]c(=O)n2C. The Hall–Kier alpha value is -1.56. The van der Waals surface area contributed by atoms with Crippen molar-refractivity contribution in [2.75, 3.05) is 0 Å². The van der Waals surface area contributed by atoms with Crippen LogP contribution in [0.1, 0.15) is 19.9 Å². The van der Waals surface area contributed by atoms with Crippen LogP contribution in [0, 0.1) is 0 Å². The standard InChI is InChI=1S/C9H11ClN4O2/c1-4(2)14-5-6(11-8(14)10)13(3)9(16)12-7(5)15/h4H,1-3H3,(H,12,15,16). The summed E-state index contributed by atoms with van der Waals surface area (Å²) in [5, 5.41) is 0.205. The second-order valence-electron chi connectivity index (χ2n) is 3.84. The molecule has 0 amide bonds. The number of hydrogen-bond acceptors (Lipinski definition) is 3. The second kappa shape index (κ2) is 3.48. The molecule has 0 spiro atoms. The minimum Gasteiger partial charge on any atom is -0.306 e.